The molecule has 0 spiro atoms. The van der Waals surface area contributed by atoms with Crippen LogP contribution in [0.25, 0.3) is 0 Å². The van der Waals surface area contributed by atoms with Crippen molar-refractivity contribution in [1.29, 1.82) is 0 Å². The zero-order valence-corrected chi connectivity index (χ0v) is 13.4. The van der Waals surface area contributed by atoms with Crippen LogP contribution in [0.5, 0.6) is 0 Å². The Labute approximate surface area is 124 Å². The van der Waals surface area contributed by atoms with Gasteiger partial charge in [-0.05, 0) is 58.0 Å². The van der Waals surface area contributed by atoms with Gasteiger partial charge in [0.05, 0.1) is 0 Å². The van der Waals surface area contributed by atoms with Gasteiger partial charge in [-0.3, -0.25) is 4.79 Å². The average Bonchev–Trinajstić information content (AvgIpc) is 2.46. The summed E-state index contributed by atoms with van der Waals surface area (Å²) in [5.41, 5.74) is 1.54. The summed E-state index contributed by atoms with van der Waals surface area (Å²) >= 11 is 0. The van der Waals surface area contributed by atoms with Crippen LogP contribution < -0.4 is 5.32 Å². The third kappa shape index (κ3) is 7.68. The van der Waals surface area contributed by atoms with Crippen molar-refractivity contribution < 1.29 is 4.79 Å². The Morgan fingerprint density at radius 1 is 1.20 bits per heavy atom. The molecule has 0 aromatic heterocycles. The van der Waals surface area contributed by atoms with Crippen LogP contribution in [0, 0.1) is 0 Å². The summed E-state index contributed by atoms with van der Waals surface area (Å²) in [6.45, 7) is 8.31. The standard InChI is InChI=1S/C17H32N2O/c1-3-13-19(14-4-2)15-11-17(20)18-12-10-16-8-6-5-7-9-16/h8H,3-7,9-15H2,1-2H3,(H,18,20). The van der Waals surface area contributed by atoms with Gasteiger partial charge >= 0.3 is 0 Å². The fourth-order valence-corrected chi connectivity index (χ4v) is 2.81. The van der Waals surface area contributed by atoms with E-state index in [0.29, 0.717) is 6.42 Å². The van der Waals surface area contributed by atoms with Crippen molar-refractivity contribution in [2.45, 2.75) is 65.2 Å². The molecular formula is C17H32N2O. The predicted molar refractivity (Wildman–Crippen MR) is 85.8 cm³/mol. The summed E-state index contributed by atoms with van der Waals surface area (Å²) < 4.78 is 0. The molecule has 1 aliphatic rings. The van der Waals surface area contributed by atoms with Crippen LogP contribution in [0.1, 0.15) is 65.2 Å². The van der Waals surface area contributed by atoms with E-state index < -0.39 is 0 Å². The Hall–Kier alpha value is -0.830. The second-order valence-corrected chi connectivity index (χ2v) is 5.80. The molecule has 0 aromatic carbocycles. The van der Waals surface area contributed by atoms with Gasteiger partial charge in [0.1, 0.15) is 0 Å². The molecule has 0 aliphatic heterocycles. The van der Waals surface area contributed by atoms with E-state index in [9.17, 15) is 4.79 Å². The van der Waals surface area contributed by atoms with E-state index >= 15 is 0 Å². The van der Waals surface area contributed by atoms with E-state index in [1.807, 2.05) is 0 Å². The van der Waals surface area contributed by atoms with Crippen LogP contribution in [-0.2, 0) is 4.79 Å². The largest absolute Gasteiger partial charge is 0.356 e. The maximum absolute atomic E-state index is 11.8. The minimum absolute atomic E-state index is 0.207. The van der Waals surface area contributed by atoms with Crippen molar-refractivity contribution in [1.82, 2.24) is 10.2 Å². The lowest BCUT2D eigenvalue weighted by Gasteiger charge is -2.20. The number of carbonyl (C=O) groups is 1. The van der Waals surface area contributed by atoms with Gasteiger partial charge < -0.3 is 10.2 Å². The summed E-state index contributed by atoms with van der Waals surface area (Å²) in [7, 11) is 0. The highest BCUT2D eigenvalue weighted by atomic mass is 16.1. The van der Waals surface area contributed by atoms with E-state index in [4.69, 9.17) is 0 Å². The van der Waals surface area contributed by atoms with E-state index in [0.717, 1.165) is 45.4 Å². The summed E-state index contributed by atoms with van der Waals surface area (Å²) in [5.74, 6) is 0.207. The van der Waals surface area contributed by atoms with Crippen molar-refractivity contribution in [3.05, 3.63) is 11.6 Å². The Bertz CT molecular complexity index is 293. The second kappa shape index (κ2) is 10.9. The van der Waals surface area contributed by atoms with Crippen molar-refractivity contribution >= 4 is 5.91 Å². The molecule has 3 heteroatoms. The molecule has 0 unspecified atom stereocenters. The molecule has 0 saturated heterocycles. The van der Waals surface area contributed by atoms with Gasteiger partial charge in [0.2, 0.25) is 5.91 Å². The fraction of sp³-hybridized carbons (Fsp3) is 0.824. The molecule has 3 nitrogen and oxygen atoms in total. The number of hydrogen-bond acceptors (Lipinski definition) is 2. The number of nitrogens with zero attached hydrogens (tertiary/aromatic N) is 1. The average molecular weight is 280 g/mol. The van der Waals surface area contributed by atoms with Crippen LogP contribution in [0.3, 0.4) is 0 Å². The highest BCUT2D eigenvalue weighted by Gasteiger charge is 2.07. The van der Waals surface area contributed by atoms with Crippen molar-refractivity contribution in [2.75, 3.05) is 26.2 Å². The third-order valence-corrected chi connectivity index (χ3v) is 3.89. The summed E-state index contributed by atoms with van der Waals surface area (Å²) in [6.07, 6.45) is 11.5. The van der Waals surface area contributed by atoms with E-state index in [1.54, 1.807) is 0 Å². The molecule has 0 bridgehead atoms. The molecule has 1 amide bonds. The highest BCUT2D eigenvalue weighted by Crippen LogP contribution is 2.19. The number of carbonyl (C=O) groups excluding carboxylic acids is 1. The van der Waals surface area contributed by atoms with Crippen molar-refractivity contribution in [2.24, 2.45) is 0 Å². The van der Waals surface area contributed by atoms with Crippen molar-refractivity contribution in [3.8, 4) is 0 Å². The van der Waals surface area contributed by atoms with Crippen LogP contribution in [0.2, 0.25) is 0 Å². The highest BCUT2D eigenvalue weighted by molar-refractivity contribution is 5.76. The molecule has 1 N–H and O–H groups in total. The molecule has 0 atom stereocenters. The quantitative estimate of drug-likeness (QED) is 0.621. The molecule has 0 aromatic rings. The molecule has 0 saturated carbocycles. The van der Waals surface area contributed by atoms with Gasteiger partial charge in [-0.25, -0.2) is 0 Å². The first-order valence-electron chi connectivity index (χ1n) is 8.43. The van der Waals surface area contributed by atoms with Crippen LogP contribution >= 0.6 is 0 Å². The molecule has 0 heterocycles. The molecule has 1 aliphatic carbocycles. The smallest absolute Gasteiger partial charge is 0.221 e. The van der Waals surface area contributed by atoms with Crippen LogP contribution in [0.15, 0.2) is 11.6 Å². The number of hydrogen-bond donors (Lipinski definition) is 1. The van der Waals surface area contributed by atoms with Gasteiger partial charge in [0, 0.05) is 19.5 Å². The van der Waals surface area contributed by atoms with Gasteiger partial charge in [-0.1, -0.05) is 25.5 Å². The lowest BCUT2D eigenvalue weighted by molar-refractivity contribution is -0.121. The Kier molecular flexibility index (Phi) is 9.38. The van der Waals surface area contributed by atoms with E-state index in [-0.39, 0.29) is 5.91 Å². The first-order valence-corrected chi connectivity index (χ1v) is 8.43. The monoisotopic (exact) mass is 280 g/mol. The van der Waals surface area contributed by atoms with Gasteiger partial charge in [0.15, 0.2) is 0 Å². The normalized spacial score (nSPS) is 15.2. The van der Waals surface area contributed by atoms with Crippen molar-refractivity contribution in [3.63, 3.8) is 0 Å². The topological polar surface area (TPSA) is 32.3 Å². The second-order valence-electron chi connectivity index (χ2n) is 5.80. The first kappa shape index (κ1) is 17.2. The lowest BCUT2D eigenvalue weighted by atomic mass is 9.97. The Balaban J connectivity index is 2.11. The van der Waals surface area contributed by atoms with E-state index in [1.165, 1.54) is 31.3 Å². The number of amides is 1. The summed E-state index contributed by atoms with van der Waals surface area (Å²) in [6, 6.07) is 0. The minimum Gasteiger partial charge on any atom is -0.356 e. The lowest BCUT2D eigenvalue weighted by Crippen LogP contribution is -2.32. The molecule has 1 rings (SSSR count). The zero-order chi connectivity index (χ0) is 14.6. The Morgan fingerprint density at radius 2 is 1.95 bits per heavy atom. The van der Waals surface area contributed by atoms with Gasteiger partial charge in [0.25, 0.3) is 0 Å². The molecule has 0 fully saturated rings. The zero-order valence-electron chi connectivity index (χ0n) is 13.4. The van der Waals surface area contributed by atoms with Crippen LogP contribution in [-0.4, -0.2) is 37.0 Å². The molecule has 0 radical (unpaired) electrons. The SMILES string of the molecule is CCCN(CCC)CCC(=O)NCCC1=CCCCC1. The molecule has 116 valence electrons. The predicted octanol–water partition coefficient (Wildman–Crippen LogP) is 3.51. The molecule has 20 heavy (non-hydrogen) atoms. The third-order valence-electron chi connectivity index (χ3n) is 3.89. The Morgan fingerprint density at radius 3 is 2.55 bits per heavy atom. The maximum Gasteiger partial charge on any atom is 0.221 e. The maximum atomic E-state index is 11.8. The fourth-order valence-electron chi connectivity index (χ4n) is 2.81. The first-order chi connectivity index (χ1) is 9.76. The van der Waals surface area contributed by atoms with Crippen LogP contribution in [0.4, 0.5) is 0 Å². The molecular weight excluding hydrogens is 248 g/mol. The van der Waals surface area contributed by atoms with Gasteiger partial charge in [-0.15, -0.1) is 0 Å². The number of nitrogens with one attached hydrogen (secondary N) is 1. The van der Waals surface area contributed by atoms with Gasteiger partial charge in [-0.2, -0.15) is 0 Å². The minimum atomic E-state index is 0.207. The summed E-state index contributed by atoms with van der Waals surface area (Å²) in [4.78, 5) is 14.2. The number of rotatable bonds is 10. The summed E-state index contributed by atoms with van der Waals surface area (Å²) in [5, 5.41) is 3.06. The number of allylic oxidation sites excluding steroid dienone is 1. The van der Waals surface area contributed by atoms with E-state index in [2.05, 4.69) is 30.1 Å².